The van der Waals surface area contributed by atoms with Gasteiger partial charge in [-0.1, -0.05) is 58.4 Å². The molecule has 0 saturated carbocycles. The molecule has 0 aliphatic carbocycles. The monoisotopic (exact) mass is 500 g/mol. The highest BCUT2D eigenvalue weighted by Gasteiger charge is 2.23. The molecule has 0 aliphatic heterocycles. The number of carbonyl (C=O) groups excluding carboxylic acids is 1. The first kappa shape index (κ1) is 21.3. The van der Waals surface area contributed by atoms with Crippen LogP contribution in [0.4, 0.5) is 10.1 Å². The third-order valence-corrected chi connectivity index (χ3v) is 6.99. The van der Waals surface area contributed by atoms with E-state index < -0.39 is 21.4 Å². The molecule has 158 valence electrons. The zero-order chi connectivity index (χ0) is 22.0. The zero-order valence-corrected chi connectivity index (χ0v) is 18.7. The SMILES string of the molecule is O=C(Cn1cc(S(=O)(=O)Cc2ccccc2F)c2ccccc21)Nc1cccc(Br)c1. The van der Waals surface area contributed by atoms with Crippen molar-refractivity contribution in [2.24, 2.45) is 0 Å². The summed E-state index contributed by atoms with van der Waals surface area (Å²) in [7, 11) is -3.84. The maximum atomic E-state index is 14.0. The topological polar surface area (TPSA) is 68.2 Å². The normalized spacial score (nSPS) is 11.5. The van der Waals surface area contributed by atoms with Gasteiger partial charge in [-0.2, -0.15) is 0 Å². The molecule has 0 radical (unpaired) electrons. The molecule has 8 heteroatoms. The number of aromatic nitrogens is 1. The Morgan fingerprint density at radius 3 is 2.52 bits per heavy atom. The highest BCUT2D eigenvalue weighted by atomic mass is 79.9. The Kier molecular flexibility index (Phi) is 5.93. The highest BCUT2D eigenvalue weighted by molar-refractivity contribution is 9.10. The number of halogens is 2. The average molecular weight is 501 g/mol. The third-order valence-electron chi connectivity index (χ3n) is 4.81. The Morgan fingerprint density at radius 2 is 1.74 bits per heavy atom. The number of nitrogens with one attached hydrogen (secondary N) is 1. The van der Waals surface area contributed by atoms with Crippen molar-refractivity contribution in [3.63, 3.8) is 0 Å². The summed E-state index contributed by atoms with van der Waals surface area (Å²) in [4.78, 5) is 12.7. The lowest BCUT2D eigenvalue weighted by atomic mass is 10.2. The van der Waals surface area contributed by atoms with Crippen molar-refractivity contribution in [3.8, 4) is 0 Å². The van der Waals surface area contributed by atoms with E-state index in [2.05, 4.69) is 21.2 Å². The standard InChI is InChI=1S/C23H18BrFN2O3S/c24-17-7-5-8-18(12-17)26-23(28)14-27-13-22(19-9-2-4-11-21(19)27)31(29,30)15-16-6-1-3-10-20(16)25/h1-13H,14-15H2,(H,26,28). The van der Waals surface area contributed by atoms with Crippen molar-refractivity contribution < 1.29 is 17.6 Å². The average Bonchev–Trinajstić information content (AvgIpc) is 3.09. The molecule has 31 heavy (non-hydrogen) atoms. The van der Waals surface area contributed by atoms with E-state index in [0.717, 1.165) is 4.47 Å². The molecule has 0 spiro atoms. The van der Waals surface area contributed by atoms with Crippen LogP contribution in [0.1, 0.15) is 5.56 Å². The largest absolute Gasteiger partial charge is 0.337 e. The zero-order valence-electron chi connectivity index (χ0n) is 16.3. The fourth-order valence-corrected chi connectivity index (χ4v) is 5.40. The Hall–Kier alpha value is -2.97. The Morgan fingerprint density at radius 1 is 1.00 bits per heavy atom. The molecule has 1 heterocycles. The van der Waals surface area contributed by atoms with E-state index in [4.69, 9.17) is 0 Å². The lowest BCUT2D eigenvalue weighted by Gasteiger charge is -2.07. The molecule has 0 saturated heterocycles. The van der Waals surface area contributed by atoms with Crippen LogP contribution in [0.25, 0.3) is 10.9 Å². The number of hydrogen-bond donors (Lipinski definition) is 1. The van der Waals surface area contributed by atoms with E-state index in [9.17, 15) is 17.6 Å². The third kappa shape index (κ3) is 4.70. The number of anilines is 1. The molecule has 1 amide bonds. The smallest absolute Gasteiger partial charge is 0.244 e. The number of hydrogen-bond acceptors (Lipinski definition) is 3. The van der Waals surface area contributed by atoms with Gasteiger partial charge < -0.3 is 9.88 Å². The van der Waals surface area contributed by atoms with Gasteiger partial charge in [-0.05, 0) is 30.3 Å². The molecule has 0 fully saturated rings. The highest BCUT2D eigenvalue weighted by Crippen LogP contribution is 2.28. The van der Waals surface area contributed by atoms with Crippen molar-refractivity contribution >= 4 is 48.3 Å². The number of amides is 1. The number of para-hydroxylation sites is 1. The maximum Gasteiger partial charge on any atom is 0.244 e. The minimum absolute atomic E-state index is 0.0672. The van der Waals surface area contributed by atoms with Gasteiger partial charge in [0, 0.05) is 32.8 Å². The number of fused-ring (bicyclic) bond motifs is 1. The lowest BCUT2D eigenvalue weighted by Crippen LogP contribution is -2.18. The fraction of sp³-hybridized carbons (Fsp3) is 0.0870. The molecule has 4 aromatic rings. The molecule has 0 aliphatic rings. The summed E-state index contributed by atoms with van der Waals surface area (Å²) in [6, 6.07) is 19.9. The van der Waals surface area contributed by atoms with E-state index in [1.54, 1.807) is 53.1 Å². The predicted octanol–water partition coefficient (Wildman–Crippen LogP) is 5.16. The van der Waals surface area contributed by atoms with Crippen LogP contribution in [-0.2, 0) is 26.9 Å². The van der Waals surface area contributed by atoms with E-state index >= 15 is 0 Å². The van der Waals surface area contributed by atoms with Crippen molar-refractivity contribution in [1.29, 1.82) is 0 Å². The van der Waals surface area contributed by atoms with Crippen molar-refractivity contribution in [2.45, 2.75) is 17.2 Å². The summed E-state index contributed by atoms with van der Waals surface area (Å²) in [5.41, 5.74) is 1.34. The molecule has 0 bridgehead atoms. The summed E-state index contributed by atoms with van der Waals surface area (Å²) < 4.78 is 42.7. The Balaban J connectivity index is 1.66. The molecule has 0 atom stereocenters. The van der Waals surface area contributed by atoms with Crippen LogP contribution >= 0.6 is 15.9 Å². The number of rotatable bonds is 6. The van der Waals surface area contributed by atoms with Crippen LogP contribution in [0.2, 0.25) is 0 Å². The molecule has 0 unspecified atom stereocenters. The van der Waals surface area contributed by atoms with Gasteiger partial charge in [0.15, 0.2) is 9.84 Å². The van der Waals surface area contributed by atoms with Gasteiger partial charge in [-0.3, -0.25) is 4.79 Å². The van der Waals surface area contributed by atoms with Crippen molar-refractivity contribution in [3.05, 3.63) is 94.8 Å². The Bertz CT molecular complexity index is 1380. The second kappa shape index (κ2) is 8.64. The fourth-order valence-electron chi connectivity index (χ4n) is 3.41. The Labute approximate surface area is 187 Å². The number of sulfone groups is 1. The second-order valence-corrected chi connectivity index (χ2v) is 9.92. The number of nitrogens with zero attached hydrogens (tertiary/aromatic N) is 1. The van der Waals surface area contributed by atoms with Gasteiger partial charge in [0.25, 0.3) is 0 Å². The minimum atomic E-state index is -3.84. The number of carbonyl (C=O) groups is 1. The molecule has 1 aromatic heterocycles. The van der Waals surface area contributed by atoms with Crippen molar-refractivity contribution in [2.75, 3.05) is 5.32 Å². The lowest BCUT2D eigenvalue weighted by molar-refractivity contribution is -0.116. The van der Waals surface area contributed by atoms with Gasteiger partial charge in [-0.15, -0.1) is 0 Å². The van der Waals surface area contributed by atoms with Gasteiger partial charge in [0.2, 0.25) is 5.91 Å². The molecular formula is C23H18BrFN2O3S. The van der Waals surface area contributed by atoms with Gasteiger partial charge in [0.1, 0.15) is 12.4 Å². The molecule has 4 rings (SSSR count). The first-order valence-electron chi connectivity index (χ1n) is 9.43. The van der Waals surface area contributed by atoms with Crippen molar-refractivity contribution in [1.82, 2.24) is 4.57 Å². The summed E-state index contributed by atoms with van der Waals surface area (Å²) in [6.45, 7) is -0.0672. The van der Waals surface area contributed by atoms with Gasteiger partial charge in [0.05, 0.1) is 10.6 Å². The molecule has 5 nitrogen and oxygen atoms in total. The van der Waals surface area contributed by atoms with E-state index in [1.807, 2.05) is 6.07 Å². The van der Waals surface area contributed by atoms with Crippen LogP contribution in [0.3, 0.4) is 0 Å². The van der Waals surface area contributed by atoms with Crippen LogP contribution in [-0.4, -0.2) is 18.9 Å². The molecular weight excluding hydrogens is 483 g/mol. The second-order valence-electron chi connectivity index (χ2n) is 7.05. The first-order valence-corrected chi connectivity index (χ1v) is 11.9. The summed E-state index contributed by atoms with van der Waals surface area (Å²) in [5.74, 6) is -1.32. The van der Waals surface area contributed by atoms with Gasteiger partial charge in [-0.25, -0.2) is 12.8 Å². The summed E-state index contributed by atoms with van der Waals surface area (Å²) in [6.07, 6.45) is 1.45. The summed E-state index contributed by atoms with van der Waals surface area (Å²) in [5, 5.41) is 3.30. The number of benzene rings is 3. The van der Waals surface area contributed by atoms with Gasteiger partial charge >= 0.3 is 0 Å². The van der Waals surface area contributed by atoms with E-state index in [1.165, 1.54) is 24.4 Å². The maximum absolute atomic E-state index is 14.0. The van der Waals surface area contributed by atoms with Crippen LogP contribution in [0.15, 0.2) is 88.4 Å². The van der Waals surface area contributed by atoms with E-state index in [-0.39, 0.29) is 22.9 Å². The molecule has 1 N–H and O–H groups in total. The molecule has 3 aromatic carbocycles. The quantitative estimate of drug-likeness (QED) is 0.397. The van der Waals surface area contributed by atoms with E-state index in [0.29, 0.717) is 16.6 Å². The predicted molar refractivity (Wildman–Crippen MR) is 122 cm³/mol. The first-order chi connectivity index (χ1) is 14.8. The van der Waals surface area contributed by atoms with Crippen LogP contribution < -0.4 is 5.32 Å². The van der Waals surface area contributed by atoms with Crippen LogP contribution in [0.5, 0.6) is 0 Å². The summed E-state index contributed by atoms with van der Waals surface area (Å²) >= 11 is 3.36. The van der Waals surface area contributed by atoms with Crippen LogP contribution in [0, 0.1) is 5.82 Å². The minimum Gasteiger partial charge on any atom is -0.337 e.